The normalized spacial score (nSPS) is 12.9. The van der Waals surface area contributed by atoms with Crippen LogP contribution in [-0.2, 0) is 10.0 Å². The lowest BCUT2D eigenvalue weighted by molar-refractivity contribution is 0.393. The summed E-state index contributed by atoms with van der Waals surface area (Å²) in [6.07, 6.45) is 1.51. The van der Waals surface area contributed by atoms with Crippen molar-refractivity contribution in [1.29, 1.82) is 0 Å². The van der Waals surface area contributed by atoms with Crippen molar-refractivity contribution in [3.8, 4) is 5.75 Å². The Balaban J connectivity index is 1.92. The van der Waals surface area contributed by atoms with Crippen molar-refractivity contribution < 1.29 is 22.0 Å². The molecule has 0 saturated carbocycles. The van der Waals surface area contributed by atoms with E-state index >= 15 is 0 Å². The summed E-state index contributed by atoms with van der Waals surface area (Å²) < 4.78 is 53.8. The van der Waals surface area contributed by atoms with Crippen molar-refractivity contribution in [3.05, 3.63) is 65.6 Å². The number of methoxy groups -OCH3 is 1. The highest BCUT2D eigenvalue weighted by Crippen LogP contribution is 2.26. The van der Waals surface area contributed by atoms with Gasteiger partial charge in [-0.3, -0.25) is 4.68 Å². The molecule has 144 valence electrons. The third kappa shape index (κ3) is 4.04. The summed E-state index contributed by atoms with van der Waals surface area (Å²) in [5.74, 6) is -0.0584. The van der Waals surface area contributed by atoms with Gasteiger partial charge in [-0.15, -0.1) is 0 Å². The Bertz CT molecular complexity index is 1030. The smallest absolute Gasteiger partial charge is 0.244 e. The van der Waals surface area contributed by atoms with Gasteiger partial charge in [0, 0.05) is 12.2 Å². The number of hydrogen-bond acceptors (Lipinski definition) is 5. The molecule has 0 aliphatic rings. The first-order valence-corrected chi connectivity index (χ1v) is 9.69. The monoisotopic (exact) mass is 393 g/mol. The van der Waals surface area contributed by atoms with E-state index < -0.39 is 21.9 Å². The van der Waals surface area contributed by atoms with Crippen molar-refractivity contribution in [3.63, 3.8) is 0 Å². The number of nitrogens with one attached hydrogen (secondary N) is 1. The van der Waals surface area contributed by atoms with Crippen LogP contribution in [0.15, 0.2) is 52.0 Å². The van der Waals surface area contributed by atoms with Gasteiger partial charge in [0.05, 0.1) is 19.1 Å². The molecule has 1 N–H and O–H groups in total. The van der Waals surface area contributed by atoms with Crippen LogP contribution in [0.25, 0.3) is 0 Å². The average molecular weight is 393 g/mol. The molecule has 1 unspecified atom stereocenters. The minimum Gasteiger partial charge on any atom is -0.495 e. The number of hydrogen-bond donors (Lipinski definition) is 1. The quantitative estimate of drug-likeness (QED) is 0.667. The molecule has 3 aromatic rings. The van der Waals surface area contributed by atoms with Gasteiger partial charge < -0.3 is 9.15 Å². The van der Waals surface area contributed by atoms with Gasteiger partial charge in [0.2, 0.25) is 10.0 Å². The summed E-state index contributed by atoms with van der Waals surface area (Å²) >= 11 is 0. The number of sulfonamides is 1. The van der Waals surface area contributed by atoms with Gasteiger partial charge in [-0.1, -0.05) is 0 Å². The van der Waals surface area contributed by atoms with Gasteiger partial charge in [0.25, 0.3) is 0 Å². The van der Waals surface area contributed by atoms with E-state index in [4.69, 9.17) is 9.15 Å². The van der Waals surface area contributed by atoms with Crippen LogP contribution in [0, 0.1) is 19.7 Å². The minimum absolute atomic E-state index is 0.0303. The number of furan rings is 1. The van der Waals surface area contributed by atoms with Crippen LogP contribution in [0.1, 0.15) is 23.2 Å². The Morgan fingerprint density at radius 3 is 2.67 bits per heavy atom. The van der Waals surface area contributed by atoms with Gasteiger partial charge in [-0.25, -0.2) is 17.5 Å². The predicted molar refractivity (Wildman–Crippen MR) is 96.7 cm³/mol. The minimum atomic E-state index is -4.02. The number of ether oxygens (including phenoxy) is 1. The zero-order valence-corrected chi connectivity index (χ0v) is 16.0. The van der Waals surface area contributed by atoms with Gasteiger partial charge in [0.15, 0.2) is 0 Å². The molecule has 0 spiro atoms. The fourth-order valence-electron chi connectivity index (χ4n) is 2.88. The lowest BCUT2D eigenvalue weighted by atomic mass is 10.2. The standard InChI is InChI=1S/C18H20FN3O4S/c1-12-9-13(2)22(21-12)15(16-5-4-8-26-16)11-20-27(23,24)18-10-14(19)6-7-17(18)25-3/h4-10,15,20H,11H2,1-3H3. The molecule has 0 aliphatic carbocycles. The Hall–Kier alpha value is -2.65. The number of halogens is 1. The largest absolute Gasteiger partial charge is 0.495 e. The molecule has 0 bridgehead atoms. The Labute approximate surface area is 156 Å². The molecule has 0 radical (unpaired) electrons. The zero-order chi connectivity index (χ0) is 19.6. The second kappa shape index (κ2) is 7.53. The molecule has 0 amide bonds. The van der Waals surface area contributed by atoms with Crippen LogP contribution >= 0.6 is 0 Å². The van der Waals surface area contributed by atoms with E-state index in [9.17, 15) is 12.8 Å². The lowest BCUT2D eigenvalue weighted by Gasteiger charge is -2.18. The number of aromatic nitrogens is 2. The van der Waals surface area contributed by atoms with Gasteiger partial charge >= 0.3 is 0 Å². The third-order valence-electron chi connectivity index (χ3n) is 4.09. The van der Waals surface area contributed by atoms with E-state index in [0.717, 1.165) is 23.5 Å². The fraction of sp³-hybridized carbons (Fsp3) is 0.278. The molecular formula is C18H20FN3O4S. The summed E-state index contributed by atoms with van der Waals surface area (Å²) in [5, 5.41) is 4.42. The summed E-state index contributed by atoms with van der Waals surface area (Å²) in [5.41, 5.74) is 1.66. The average Bonchev–Trinajstić information content (AvgIpc) is 3.25. The molecule has 0 aliphatic heterocycles. The number of nitrogens with zero attached hydrogens (tertiary/aromatic N) is 2. The van der Waals surface area contributed by atoms with Crippen molar-refractivity contribution in [2.45, 2.75) is 24.8 Å². The van der Waals surface area contributed by atoms with E-state index in [0.29, 0.717) is 5.76 Å². The van der Waals surface area contributed by atoms with Crippen LogP contribution in [0.5, 0.6) is 5.75 Å². The molecule has 0 saturated heterocycles. The maximum absolute atomic E-state index is 13.6. The van der Waals surface area contributed by atoms with E-state index in [2.05, 4.69) is 9.82 Å². The first kappa shape index (κ1) is 19.1. The van der Waals surface area contributed by atoms with Gasteiger partial charge in [0.1, 0.15) is 28.3 Å². The number of benzene rings is 1. The molecule has 0 fully saturated rings. The van der Waals surface area contributed by atoms with Crippen molar-refractivity contribution in [2.75, 3.05) is 13.7 Å². The first-order valence-electron chi connectivity index (χ1n) is 8.21. The first-order chi connectivity index (χ1) is 12.8. The summed E-state index contributed by atoms with van der Waals surface area (Å²) in [7, 11) is -2.70. The second-order valence-electron chi connectivity index (χ2n) is 6.05. The van der Waals surface area contributed by atoms with E-state index in [1.165, 1.54) is 19.4 Å². The predicted octanol–water partition coefficient (Wildman–Crippen LogP) is 2.81. The van der Waals surface area contributed by atoms with Crippen LogP contribution < -0.4 is 9.46 Å². The van der Waals surface area contributed by atoms with Gasteiger partial charge in [-0.05, 0) is 50.2 Å². The molecule has 7 nitrogen and oxygen atoms in total. The molecular weight excluding hydrogens is 373 g/mol. The Morgan fingerprint density at radius 1 is 1.30 bits per heavy atom. The SMILES string of the molecule is COc1ccc(F)cc1S(=O)(=O)NCC(c1ccco1)n1nc(C)cc1C. The highest BCUT2D eigenvalue weighted by molar-refractivity contribution is 7.89. The Morgan fingerprint density at radius 2 is 2.07 bits per heavy atom. The molecule has 1 aromatic carbocycles. The van der Waals surface area contributed by atoms with Crippen molar-refractivity contribution in [1.82, 2.24) is 14.5 Å². The molecule has 27 heavy (non-hydrogen) atoms. The molecule has 9 heteroatoms. The third-order valence-corrected chi connectivity index (χ3v) is 5.54. The Kier molecular flexibility index (Phi) is 5.33. The number of aryl methyl sites for hydroxylation is 2. The topological polar surface area (TPSA) is 86.4 Å². The van der Waals surface area contributed by atoms with E-state index in [1.54, 1.807) is 16.8 Å². The molecule has 2 aromatic heterocycles. The maximum atomic E-state index is 13.6. The number of rotatable bonds is 7. The van der Waals surface area contributed by atoms with Crippen molar-refractivity contribution >= 4 is 10.0 Å². The van der Waals surface area contributed by atoms with Crippen LogP contribution in [-0.4, -0.2) is 31.9 Å². The van der Waals surface area contributed by atoms with E-state index in [1.807, 2.05) is 19.9 Å². The molecule has 1 atom stereocenters. The van der Waals surface area contributed by atoms with Gasteiger partial charge in [-0.2, -0.15) is 5.10 Å². The van der Waals surface area contributed by atoms with Crippen LogP contribution in [0.4, 0.5) is 4.39 Å². The summed E-state index contributed by atoms with van der Waals surface area (Å²) in [6, 6.07) is 8.19. The zero-order valence-electron chi connectivity index (χ0n) is 15.1. The highest BCUT2D eigenvalue weighted by atomic mass is 32.2. The van der Waals surface area contributed by atoms with Crippen molar-refractivity contribution in [2.24, 2.45) is 0 Å². The van der Waals surface area contributed by atoms with Crippen LogP contribution in [0.2, 0.25) is 0 Å². The second-order valence-corrected chi connectivity index (χ2v) is 7.79. The fourth-order valence-corrected chi connectivity index (χ4v) is 4.09. The highest BCUT2D eigenvalue weighted by Gasteiger charge is 2.25. The van der Waals surface area contributed by atoms with Crippen LogP contribution in [0.3, 0.4) is 0 Å². The molecule has 2 heterocycles. The summed E-state index contributed by atoms with van der Waals surface area (Å²) in [4.78, 5) is -0.267. The van der Waals surface area contributed by atoms with E-state index in [-0.39, 0.29) is 17.2 Å². The maximum Gasteiger partial charge on any atom is 0.244 e. The summed E-state index contributed by atoms with van der Waals surface area (Å²) in [6.45, 7) is 3.70. The lowest BCUT2D eigenvalue weighted by Crippen LogP contribution is -2.32. The molecule has 3 rings (SSSR count).